The number of aliphatic imine (C=N–C) groups is 1. The average Bonchev–Trinajstić information content (AvgIpc) is 3.20. The van der Waals surface area contributed by atoms with E-state index in [1.807, 2.05) is 25.1 Å². The van der Waals surface area contributed by atoms with Crippen LogP contribution in [0.5, 0.6) is 11.6 Å². The third-order valence-corrected chi connectivity index (χ3v) is 6.78. The van der Waals surface area contributed by atoms with Crippen molar-refractivity contribution in [2.45, 2.75) is 31.8 Å². The van der Waals surface area contributed by atoms with Gasteiger partial charge in [0.2, 0.25) is 5.88 Å². The number of piperidine rings is 1. The molecule has 0 unspecified atom stereocenters. The van der Waals surface area contributed by atoms with Crippen LogP contribution in [0.25, 0.3) is 0 Å². The molecule has 1 saturated heterocycles. The molecule has 3 aromatic rings. The van der Waals surface area contributed by atoms with Crippen molar-refractivity contribution in [3.8, 4) is 11.6 Å². The molecule has 172 valence electrons. The molecule has 5 heterocycles. The van der Waals surface area contributed by atoms with Crippen molar-refractivity contribution in [3.05, 3.63) is 59.0 Å². The zero-order valence-electron chi connectivity index (χ0n) is 18.4. The molecule has 34 heavy (non-hydrogen) atoms. The summed E-state index contributed by atoms with van der Waals surface area (Å²) in [6, 6.07) is 9.29. The number of fused-ring (bicyclic) bond motifs is 3. The van der Waals surface area contributed by atoms with Crippen molar-refractivity contribution in [1.29, 1.82) is 0 Å². The van der Waals surface area contributed by atoms with E-state index in [2.05, 4.69) is 30.2 Å². The largest absolute Gasteiger partial charge is 0.439 e. The number of nitrogens with one attached hydrogen (secondary N) is 1. The Bertz CT molecular complexity index is 1340. The van der Waals surface area contributed by atoms with Crippen LogP contribution in [-0.2, 0) is 16.8 Å². The lowest BCUT2D eigenvalue weighted by Crippen LogP contribution is -2.48. The van der Waals surface area contributed by atoms with Gasteiger partial charge in [-0.15, -0.1) is 0 Å². The number of rotatable bonds is 3. The van der Waals surface area contributed by atoms with Gasteiger partial charge in [0.05, 0.1) is 5.69 Å². The molecular weight excluding hydrogens is 456 g/mol. The van der Waals surface area contributed by atoms with Crippen LogP contribution in [0.15, 0.2) is 47.8 Å². The standard InChI is InChI=1S/C24H21ClN6O3/c1-14-9-16-18(25)10-15(11-19(16)29-14)33-21-12-20(27-13-28-21)31-7-4-24(5-8-31)17-3-2-6-26-22(17)30-23(32)34-24/h2-3,6,10-13H,4-5,7-9H2,1H3,(H,26,30,32). The molecule has 6 rings (SSSR count). The summed E-state index contributed by atoms with van der Waals surface area (Å²) in [5, 5.41) is 3.32. The fourth-order valence-electron chi connectivity index (χ4n) is 4.81. The number of nitrogens with zero attached hydrogens (tertiary/aromatic N) is 5. The molecule has 0 saturated carbocycles. The van der Waals surface area contributed by atoms with Gasteiger partial charge in [0.25, 0.3) is 0 Å². The molecule has 0 aliphatic carbocycles. The van der Waals surface area contributed by atoms with Gasteiger partial charge < -0.3 is 14.4 Å². The Balaban J connectivity index is 1.20. The summed E-state index contributed by atoms with van der Waals surface area (Å²) in [7, 11) is 0. The fourth-order valence-corrected chi connectivity index (χ4v) is 5.08. The van der Waals surface area contributed by atoms with Crippen molar-refractivity contribution < 1.29 is 14.3 Å². The Hall–Kier alpha value is -3.72. The van der Waals surface area contributed by atoms with E-state index >= 15 is 0 Å². The first kappa shape index (κ1) is 20.9. The first-order valence-electron chi connectivity index (χ1n) is 11.1. The third-order valence-electron chi connectivity index (χ3n) is 6.44. The Labute approximate surface area is 200 Å². The van der Waals surface area contributed by atoms with Crippen molar-refractivity contribution in [2.24, 2.45) is 4.99 Å². The lowest BCUT2D eigenvalue weighted by atomic mass is 9.83. The predicted octanol–water partition coefficient (Wildman–Crippen LogP) is 5.02. The van der Waals surface area contributed by atoms with Crippen LogP contribution in [0.2, 0.25) is 5.02 Å². The summed E-state index contributed by atoms with van der Waals surface area (Å²) < 4.78 is 11.8. The van der Waals surface area contributed by atoms with Crippen molar-refractivity contribution in [2.75, 3.05) is 23.3 Å². The van der Waals surface area contributed by atoms with Crippen LogP contribution in [0, 0.1) is 0 Å². The Kier molecular flexibility index (Phi) is 4.88. The lowest BCUT2D eigenvalue weighted by molar-refractivity contribution is -0.00853. The number of benzene rings is 1. The maximum atomic E-state index is 12.1. The van der Waals surface area contributed by atoms with Crippen molar-refractivity contribution in [3.63, 3.8) is 0 Å². The molecule has 0 radical (unpaired) electrons. The van der Waals surface area contributed by atoms with Gasteiger partial charge in [-0.3, -0.25) is 10.3 Å². The number of carbonyl (C=O) groups is 1. The molecule has 10 heteroatoms. The van der Waals surface area contributed by atoms with E-state index in [0.29, 0.717) is 48.4 Å². The highest BCUT2D eigenvalue weighted by Gasteiger charge is 2.45. The van der Waals surface area contributed by atoms with Crippen LogP contribution < -0.4 is 15.0 Å². The molecular formula is C24H21ClN6O3. The van der Waals surface area contributed by atoms with E-state index in [4.69, 9.17) is 21.1 Å². The Morgan fingerprint density at radius 2 is 2.03 bits per heavy atom. The molecule has 1 aromatic carbocycles. The SMILES string of the molecule is CC1=Nc2cc(Oc3cc(N4CCC5(CC4)OC(=O)Nc4ncccc45)ncn3)cc(Cl)c2C1. The lowest BCUT2D eigenvalue weighted by Gasteiger charge is -2.44. The number of anilines is 2. The molecule has 1 amide bonds. The number of halogens is 1. The van der Waals surface area contributed by atoms with Gasteiger partial charge in [0.1, 0.15) is 29.3 Å². The first-order valence-corrected chi connectivity index (χ1v) is 11.4. The van der Waals surface area contributed by atoms with Crippen LogP contribution in [0.1, 0.15) is 30.9 Å². The number of hydrogen-bond acceptors (Lipinski definition) is 8. The van der Waals surface area contributed by atoms with Gasteiger partial charge in [-0.25, -0.2) is 19.7 Å². The minimum Gasteiger partial charge on any atom is -0.439 e. The number of ether oxygens (including phenoxy) is 2. The number of hydrogen-bond donors (Lipinski definition) is 1. The molecule has 3 aliphatic heterocycles. The van der Waals surface area contributed by atoms with Crippen LogP contribution in [-0.4, -0.2) is 39.8 Å². The van der Waals surface area contributed by atoms with E-state index in [-0.39, 0.29) is 0 Å². The number of aromatic nitrogens is 3. The molecule has 1 fully saturated rings. The normalized spacial score (nSPS) is 18.0. The smallest absolute Gasteiger partial charge is 0.413 e. The maximum absolute atomic E-state index is 12.1. The van der Waals surface area contributed by atoms with Crippen LogP contribution >= 0.6 is 11.6 Å². The summed E-state index contributed by atoms with van der Waals surface area (Å²) in [6.45, 7) is 3.28. The molecule has 0 bridgehead atoms. The molecule has 1 N–H and O–H groups in total. The van der Waals surface area contributed by atoms with E-state index in [0.717, 1.165) is 34.8 Å². The van der Waals surface area contributed by atoms with Gasteiger partial charge >= 0.3 is 6.09 Å². The highest BCUT2D eigenvalue weighted by molar-refractivity contribution is 6.32. The van der Waals surface area contributed by atoms with Gasteiger partial charge in [-0.05, 0) is 25.1 Å². The summed E-state index contributed by atoms with van der Waals surface area (Å²) in [5.41, 5.74) is 3.11. The summed E-state index contributed by atoms with van der Waals surface area (Å²) >= 11 is 6.44. The topological polar surface area (TPSA) is 102 Å². The second kappa shape index (κ2) is 7.95. The molecule has 9 nitrogen and oxygen atoms in total. The zero-order chi connectivity index (χ0) is 23.3. The number of pyridine rings is 1. The second-order valence-corrected chi connectivity index (χ2v) is 9.05. The number of amides is 1. The van der Waals surface area contributed by atoms with E-state index < -0.39 is 11.7 Å². The Morgan fingerprint density at radius 1 is 1.18 bits per heavy atom. The predicted molar refractivity (Wildman–Crippen MR) is 127 cm³/mol. The summed E-state index contributed by atoms with van der Waals surface area (Å²) in [5.74, 6) is 2.31. The summed E-state index contributed by atoms with van der Waals surface area (Å²) in [6.07, 6.45) is 4.68. The van der Waals surface area contributed by atoms with Gasteiger partial charge in [0.15, 0.2) is 0 Å². The van der Waals surface area contributed by atoms with Gasteiger partial charge in [-0.2, -0.15) is 0 Å². The van der Waals surface area contributed by atoms with Crippen molar-refractivity contribution >= 4 is 40.7 Å². The van der Waals surface area contributed by atoms with Gasteiger partial charge in [0, 0.05) is 72.5 Å². The highest BCUT2D eigenvalue weighted by atomic mass is 35.5. The molecule has 2 aromatic heterocycles. The average molecular weight is 477 g/mol. The third kappa shape index (κ3) is 3.62. The summed E-state index contributed by atoms with van der Waals surface area (Å²) in [4.78, 5) is 31.8. The highest BCUT2D eigenvalue weighted by Crippen LogP contribution is 2.43. The van der Waals surface area contributed by atoms with Gasteiger partial charge in [-0.1, -0.05) is 11.6 Å². The Morgan fingerprint density at radius 3 is 2.88 bits per heavy atom. The minimum atomic E-state index is -0.686. The van der Waals surface area contributed by atoms with Crippen molar-refractivity contribution in [1.82, 2.24) is 15.0 Å². The second-order valence-electron chi connectivity index (χ2n) is 8.64. The van der Waals surface area contributed by atoms with Crippen LogP contribution in [0.3, 0.4) is 0 Å². The van der Waals surface area contributed by atoms with E-state index in [9.17, 15) is 4.79 Å². The maximum Gasteiger partial charge on any atom is 0.413 e. The minimum absolute atomic E-state index is 0.419. The monoisotopic (exact) mass is 476 g/mol. The first-order chi connectivity index (χ1) is 16.5. The zero-order valence-corrected chi connectivity index (χ0v) is 19.2. The van der Waals surface area contributed by atoms with E-state index in [1.165, 1.54) is 6.33 Å². The fraction of sp³-hybridized carbons (Fsp3) is 0.292. The quantitative estimate of drug-likeness (QED) is 0.566. The van der Waals surface area contributed by atoms with E-state index in [1.54, 1.807) is 18.3 Å². The van der Waals surface area contributed by atoms with Crippen LogP contribution in [0.4, 0.5) is 22.1 Å². The molecule has 1 spiro atoms. The number of carbonyl (C=O) groups excluding carboxylic acids is 1. The molecule has 0 atom stereocenters. The molecule has 3 aliphatic rings.